The normalized spacial score (nSPS) is 10.2. The average molecular weight is 252 g/mol. The van der Waals surface area contributed by atoms with Crippen LogP contribution in [0.2, 0.25) is 0 Å². The first-order valence-electron chi connectivity index (χ1n) is 3.28. The van der Waals surface area contributed by atoms with Crippen LogP contribution in [0.1, 0.15) is 25.6 Å². The maximum Gasteiger partial charge on any atom is 0.175 e. The van der Waals surface area contributed by atoms with Crippen LogP contribution in [0.15, 0.2) is 0 Å². The van der Waals surface area contributed by atoms with E-state index in [1.165, 1.54) is 9.43 Å². The zero-order valence-electron chi connectivity index (χ0n) is 5.79. The zero-order chi connectivity index (χ0) is 7.40. The highest BCUT2D eigenvalue weighted by molar-refractivity contribution is 14.1. The predicted octanol–water partition coefficient (Wildman–Crippen LogP) is 1.21. The van der Waals surface area contributed by atoms with Crippen LogP contribution in [0.4, 0.5) is 0 Å². The Bertz CT molecular complexity index is 197. The van der Waals surface area contributed by atoms with Crippen molar-refractivity contribution in [1.82, 2.24) is 18.4 Å². The highest BCUT2D eigenvalue weighted by atomic mass is 127. The summed E-state index contributed by atoms with van der Waals surface area (Å²) in [6, 6.07) is 0. The number of aryl methyl sites for hydroxylation is 1. The lowest BCUT2D eigenvalue weighted by molar-refractivity contribution is 0.754. The van der Waals surface area contributed by atoms with Crippen molar-refractivity contribution in [3.05, 3.63) is 5.82 Å². The molecule has 0 fully saturated rings. The van der Waals surface area contributed by atoms with Crippen LogP contribution in [-0.4, -0.2) is 18.4 Å². The molecule has 0 aromatic carbocycles. The van der Waals surface area contributed by atoms with Crippen molar-refractivity contribution in [3.8, 4) is 0 Å². The number of tetrazole rings is 1. The smallest absolute Gasteiger partial charge is 0.127 e. The van der Waals surface area contributed by atoms with E-state index in [1.54, 1.807) is 0 Å². The molecule has 0 aliphatic carbocycles. The number of hydrogen-bond acceptors (Lipinski definition) is 3. The third-order valence-corrected chi connectivity index (χ3v) is 1.59. The van der Waals surface area contributed by atoms with Crippen LogP contribution in [-0.2, 0) is 6.42 Å². The van der Waals surface area contributed by atoms with Crippen LogP contribution in [0, 0.1) is 0 Å². The third kappa shape index (κ3) is 2.20. The number of rotatable bonds is 3. The Morgan fingerprint density at radius 3 is 2.90 bits per heavy atom. The van der Waals surface area contributed by atoms with Crippen molar-refractivity contribution in [2.24, 2.45) is 0 Å². The molecule has 4 nitrogen and oxygen atoms in total. The second-order valence-electron chi connectivity index (χ2n) is 2.05. The van der Waals surface area contributed by atoms with Gasteiger partial charge in [0.2, 0.25) is 0 Å². The zero-order valence-corrected chi connectivity index (χ0v) is 7.95. The third-order valence-electron chi connectivity index (χ3n) is 1.19. The molecule has 0 radical (unpaired) electrons. The molecule has 56 valence electrons. The molecule has 0 bridgehead atoms. The lowest BCUT2D eigenvalue weighted by Gasteiger charge is -1.87. The highest BCUT2D eigenvalue weighted by Gasteiger charge is 1.97. The Labute approximate surface area is 73.5 Å². The summed E-state index contributed by atoms with van der Waals surface area (Å²) in [6.07, 6.45) is 3.26. The standard InChI is InChI=1S/C5H9IN4/c1-2-3-4-5-7-9-10(6)8-5/h2-4H2,1H3. The van der Waals surface area contributed by atoms with Crippen LogP contribution in [0.3, 0.4) is 0 Å². The molecule has 10 heavy (non-hydrogen) atoms. The monoisotopic (exact) mass is 252 g/mol. The van der Waals surface area contributed by atoms with Gasteiger partial charge >= 0.3 is 0 Å². The van der Waals surface area contributed by atoms with E-state index in [2.05, 4.69) is 22.3 Å². The van der Waals surface area contributed by atoms with Gasteiger partial charge in [0.25, 0.3) is 0 Å². The van der Waals surface area contributed by atoms with Crippen molar-refractivity contribution in [2.45, 2.75) is 26.2 Å². The fourth-order valence-electron chi connectivity index (χ4n) is 0.659. The molecule has 0 spiro atoms. The summed E-state index contributed by atoms with van der Waals surface area (Å²) >= 11 is 1.98. The van der Waals surface area contributed by atoms with Gasteiger partial charge in [0.1, 0.15) is 22.9 Å². The van der Waals surface area contributed by atoms with Crippen molar-refractivity contribution < 1.29 is 0 Å². The van der Waals surface area contributed by atoms with Crippen LogP contribution in [0.25, 0.3) is 0 Å². The molecule has 0 aliphatic rings. The molecule has 0 unspecified atom stereocenters. The molecule has 5 heteroatoms. The Morgan fingerprint density at radius 2 is 2.40 bits per heavy atom. The number of unbranched alkanes of at least 4 members (excludes halogenated alkanes) is 1. The molecule has 0 saturated heterocycles. The van der Waals surface area contributed by atoms with Crippen LogP contribution < -0.4 is 0 Å². The minimum atomic E-state index is 0.844. The van der Waals surface area contributed by atoms with Gasteiger partial charge in [-0.05, 0) is 11.6 Å². The van der Waals surface area contributed by atoms with E-state index in [0.717, 1.165) is 18.7 Å². The Hall–Kier alpha value is -0.200. The Morgan fingerprint density at radius 1 is 1.60 bits per heavy atom. The summed E-state index contributed by atoms with van der Waals surface area (Å²) in [5, 5.41) is 11.6. The molecule has 0 N–H and O–H groups in total. The maximum absolute atomic E-state index is 4.03. The number of aromatic nitrogens is 4. The highest BCUT2D eigenvalue weighted by Crippen LogP contribution is 1.97. The average Bonchev–Trinajstić information content (AvgIpc) is 2.31. The molecule has 0 atom stereocenters. The van der Waals surface area contributed by atoms with Gasteiger partial charge in [-0.15, -0.1) is 13.2 Å². The topological polar surface area (TPSA) is 43.6 Å². The Balaban J connectivity index is 2.42. The summed E-state index contributed by atoms with van der Waals surface area (Å²) in [5.41, 5.74) is 0. The number of nitrogens with zero attached hydrogens (tertiary/aromatic N) is 4. The minimum absolute atomic E-state index is 0.844. The quantitative estimate of drug-likeness (QED) is 0.759. The van der Waals surface area contributed by atoms with Gasteiger partial charge in [-0.3, -0.25) is 0 Å². The van der Waals surface area contributed by atoms with Crippen molar-refractivity contribution >= 4 is 22.9 Å². The fourth-order valence-corrected chi connectivity index (χ4v) is 1.00. The fraction of sp³-hybridized carbons (Fsp3) is 0.800. The van der Waals surface area contributed by atoms with Gasteiger partial charge in [0.15, 0.2) is 5.82 Å². The predicted molar refractivity (Wildman–Crippen MR) is 45.8 cm³/mol. The molecular weight excluding hydrogens is 243 g/mol. The maximum atomic E-state index is 4.03. The Kier molecular flexibility index (Phi) is 3.04. The van der Waals surface area contributed by atoms with Gasteiger partial charge < -0.3 is 0 Å². The molecular formula is C5H9IN4. The van der Waals surface area contributed by atoms with Gasteiger partial charge in [-0.2, -0.15) is 0 Å². The van der Waals surface area contributed by atoms with Crippen LogP contribution >= 0.6 is 22.9 Å². The first-order valence-corrected chi connectivity index (χ1v) is 4.24. The molecule has 1 aromatic rings. The minimum Gasteiger partial charge on any atom is -0.127 e. The largest absolute Gasteiger partial charge is 0.175 e. The van der Waals surface area contributed by atoms with Gasteiger partial charge in [-0.1, -0.05) is 13.3 Å². The summed E-state index contributed by atoms with van der Waals surface area (Å²) in [5.74, 6) is 0.844. The number of hydrogen-bond donors (Lipinski definition) is 0. The summed E-state index contributed by atoms with van der Waals surface area (Å²) in [4.78, 5) is 0. The molecule has 0 saturated carbocycles. The van der Waals surface area contributed by atoms with Crippen molar-refractivity contribution in [3.63, 3.8) is 0 Å². The molecule has 0 aliphatic heterocycles. The second kappa shape index (κ2) is 3.85. The van der Waals surface area contributed by atoms with Gasteiger partial charge in [0.05, 0.1) is 0 Å². The molecule has 0 amide bonds. The summed E-state index contributed by atoms with van der Waals surface area (Å²) in [7, 11) is 0. The number of halogens is 1. The molecule has 1 aromatic heterocycles. The lowest BCUT2D eigenvalue weighted by Crippen LogP contribution is -1.88. The van der Waals surface area contributed by atoms with E-state index in [1.807, 2.05) is 22.9 Å². The SMILES string of the molecule is CCCCc1nnn(I)n1. The second-order valence-corrected chi connectivity index (χ2v) is 2.91. The van der Waals surface area contributed by atoms with Crippen LogP contribution in [0.5, 0.6) is 0 Å². The first kappa shape index (κ1) is 7.90. The van der Waals surface area contributed by atoms with E-state index in [-0.39, 0.29) is 0 Å². The van der Waals surface area contributed by atoms with E-state index < -0.39 is 0 Å². The van der Waals surface area contributed by atoms with Gasteiger partial charge in [-0.25, -0.2) is 0 Å². The summed E-state index contributed by atoms with van der Waals surface area (Å²) < 4.78 is 1.46. The van der Waals surface area contributed by atoms with E-state index >= 15 is 0 Å². The molecule has 1 heterocycles. The van der Waals surface area contributed by atoms with Crippen molar-refractivity contribution in [2.75, 3.05) is 0 Å². The first-order chi connectivity index (χ1) is 4.83. The van der Waals surface area contributed by atoms with E-state index in [0.29, 0.717) is 0 Å². The summed E-state index contributed by atoms with van der Waals surface area (Å²) in [6.45, 7) is 2.15. The molecule has 1 rings (SSSR count). The van der Waals surface area contributed by atoms with Crippen molar-refractivity contribution in [1.29, 1.82) is 0 Å². The van der Waals surface area contributed by atoms with E-state index in [9.17, 15) is 0 Å². The van der Waals surface area contributed by atoms with E-state index in [4.69, 9.17) is 0 Å². The van der Waals surface area contributed by atoms with Gasteiger partial charge in [0, 0.05) is 6.42 Å². The lowest BCUT2D eigenvalue weighted by atomic mass is 10.2.